The predicted molar refractivity (Wildman–Crippen MR) is 143 cm³/mol. The lowest BCUT2D eigenvalue weighted by atomic mass is 10.2. The van der Waals surface area contributed by atoms with Gasteiger partial charge >= 0.3 is 5.97 Å². The van der Waals surface area contributed by atoms with Crippen molar-refractivity contribution in [3.63, 3.8) is 0 Å². The molecule has 38 heavy (non-hydrogen) atoms. The number of hydrogen-bond donors (Lipinski definition) is 0. The molecule has 3 aromatic rings. The molecule has 8 nitrogen and oxygen atoms in total. The monoisotopic (exact) mass is 549 g/mol. The Hall–Kier alpha value is -3.65. The molecule has 3 aromatic carbocycles. The molecule has 0 N–H and O–H groups in total. The van der Waals surface area contributed by atoms with Crippen LogP contribution in [0.3, 0.4) is 0 Å². The van der Waals surface area contributed by atoms with Gasteiger partial charge in [0.05, 0.1) is 16.0 Å². The van der Waals surface area contributed by atoms with E-state index in [0.29, 0.717) is 26.5 Å². The van der Waals surface area contributed by atoms with E-state index in [-0.39, 0.29) is 37.0 Å². The number of carbonyl (C=O) groups is 2. The minimum absolute atomic E-state index is 0.160. The Morgan fingerprint density at radius 2 is 1.61 bits per heavy atom. The Morgan fingerprint density at radius 1 is 0.947 bits per heavy atom. The molecule has 1 aliphatic rings. The Labute approximate surface area is 226 Å². The summed E-state index contributed by atoms with van der Waals surface area (Å²) < 4.78 is 32.9. The van der Waals surface area contributed by atoms with E-state index in [1.807, 2.05) is 19.1 Å². The van der Waals surface area contributed by atoms with Crippen LogP contribution in [-0.2, 0) is 19.6 Å². The molecule has 0 unspecified atom stereocenters. The second kappa shape index (κ2) is 11.8. The van der Waals surface area contributed by atoms with Gasteiger partial charge in [0.2, 0.25) is 10.0 Å². The fourth-order valence-electron chi connectivity index (χ4n) is 4.19. The van der Waals surface area contributed by atoms with Crippen LogP contribution in [0.5, 0.6) is 0 Å². The summed E-state index contributed by atoms with van der Waals surface area (Å²) in [6, 6.07) is 21.3. The van der Waals surface area contributed by atoms with Crippen LogP contribution in [-0.4, -0.2) is 62.3 Å². The van der Waals surface area contributed by atoms with Crippen molar-refractivity contribution in [2.24, 2.45) is 0 Å². The number of ether oxygens (including phenoxy) is 1. The van der Waals surface area contributed by atoms with Crippen molar-refractivity contribution in [1.82, 2.24) is 9.21 Å². The predicted octanol–water partition coefficient (Wildman–Crippen LogP) is 4.02. The van der Waals surface area contributed by atoms with Gasteiger partial charge in [-0.2, -0.15) is 9.57 Å². The second-order valence-corrected chi connectivity index (χ2v) is 11.8. The van der Waals surface area contributed by atoms with Crippen molar-refractivity contribution in [2.75, 3.05) is 32.8 Å². The minimum atomic E-state index is -3.67. The number of benzene rings is 3. The summed E-state index contributed by atoms with van der Waals surface area (Å²) in [4.78, 5) is 28.7. The Kier molecular flexibility index (Phi) is 8.52. The van der Waals surface area contributed by atoms with Crippen LogP contribution in [0.15, 0.2) is 81.4 Å². The quantitative estimate of drug-likeness (QED) is 0.410. The molecule has 1 amide bonds. The van der Waals surface area contributed by atoms with Crippen LogP contribution in [0.25, 0.3) is 0 Å². The zero-order valence-electron chi connectivity index (χ0n) is 21.1. The van der Waals surface area contributed by atoms with Gasteiger partial charge in [-0.15, -0.1) is 0 Å². The largest absolute Gasteiger partial charge is 0.452 e. The topological polar surface area (TPSA) is 108 Å². The number of carbonyl (C=O) groups excluding carboxylic acids is 2. The van der Waals surface area contributed by atoms with Crippen LogP contribution in [0, 0.1) is 25.2 Å². The van der Waals surface area contributed by atoms with Gasteiger partial charge in [0, 0.05) is 36.0 Å². The number of nitrogens with zero attached hydrogens (tertiary/aromatic N) is 3. The maximum Gasteiger partial charge on any atom is 0.339 e. The number of piperazine rings is 1. The normalized spacial score (nSPS) is 14.1. The molecule has 0 spiro atoms. The number of amides is 1. The van der Waals surface area contributed by atoms with Gasteiger partial charge in [-0.1, -0.05) is 53.7 Å². The Balaban J connectivity index is 1.35. The van der Waals surface area contributed by atoms with Gasteiger partial charge in [-0.3, -0.25) is 4.79 Å². The molecule has 4 rings (SSSR count). The summed E-state index contributed by atoms with van der Waals surface area (Å²) in [6.45, 7) is 3.96. The van der Waals surface area contributed by atoms with E-state index in [1.54, 1.807) is 61.5 Å². The zero-order valence-corrected chi connectivity index (χ0v) is 22.7. The average molecular weight is 550 g/mol. The molecular formula is C28H27N3O5S2. The van der Waals surface area contributed by atoms with E-state index >= 15 is 0 Å². The van der Waals surface area contributed by atoms with E-state index in [1.165, 1.54) is 21.0 Å². The molecule has 0 atom stereocenters. The molecule has 10 heteroatoms. The highest BCUT2D eigenvalue weighted by Gasteiger charge is 2.31. The van der Waals surface area contributed by atoms with Crippen LogP contribution in [0.1, 0.15) is 27.0 Å². The second-order valence-electron chi connectivity index (χ2n) is 8.84. The number of hydrogen-bond acceptors (Lipinski definition) is 7. The number of aryl methyl sites for hydroxylation is 2. The standard InChI is InChI=1S/C28H27N3O5S2/c1-20-11-12-26(21(2)17-20)38(34,35)31-15-13-30(14-16-31)27(32)19-36-28(33)23-8-4-6-10-25(23)37-24-9-5-3-7-22(24)18-29/h3-12,17H,13-16,19H2,1-2H3. The van der Waals surface area contributed by atoms with Crippen molar-refractivity contribution in [3.05, 3.63) is 89.0 Å². The molecule has 1 fully saturated rings. The molecule has 0 radical (unpaired) electrons. The summed E-state index contributed by atoms with van der Waals surface area (Å²) in [6.07, 6.45) is 0. The van der Waals surface area contributed by atoms with E-state index < -0.39 is 22.6 Å². The average Bonchev–Trinajstić information content (AvgIpc) is 2.92. The van der Waals surface area contributed by atoms with Crippen molar-refractivity contribution < 1.29 is 22.7 Å². The molecule has 0 aliphatic carbocycles. The SMILES string of the molecule is Cc1ccc(S(=O)(=O)N2CCN(C(=O)COC(=O)c3ccccc3Sc3ccccc3C#N)CC2)c(C)c1. The van der Waals surface area contributed by atoms with Crippen molar-refractivity contribution in [3.8, 4) is 6.07 Å². The fraction of sp³-hybridized carbons (Fsp3) is 0.250. The highest BCUT2D eigenvalue weighted by Crippen LogP contribution is 2.33. The van der Waals surface area contributed by atoms with Crippen molar-refractivity contribution in [2.45, 2.75) is 28.5 Å². The molecule has 1 saturated heterocycles. The van der Waals surface area contributed by atoms with Gasteiger partial charge in [0.15, 0.2) is 6.61 Å². The third kappa shape index (κ3) is 6.07. The summed E-state index contributed by atoms with van der Waals surface area (Å²) >= 11 is 1.28. The van der Waals surface area contributed by atoms with Crippen LogP contribution in [0.2, 0.25) is 0 Å². The first-order valence-corrected chi connectivity index (χ1v) is 14.2. The Bertz CT molecular complexity index is 1510. The molecule has 0 aromatic heterocycles. The maximum atomic E-state index is 13.1. The number of rotatable bonds is 7. The van der Waals surface area contributed by atoms with Crippen molar-refractivity contribution >= 4 is 33.7 Å². The van der Waals surface area contributed by atoms with Crippen LogP contribution >= 0.6 is 11.8 Å². The fourth-order valence-corrected chi connectivity index (χ4v) is 6.84. The lowest BCUT2D eigenvalue weighted by Gasteiger charge is -2.34. The molecule has 0 saturated carbocycles. The first-order valence-electron chi connectivity index (χ1n) is 12.0. The highest BCUT2D eigenvalue weighted by atomic mass is 32.2. The Morgan fingerprint density at radius 3 is 2.29 bits per heavy atom. The number of esters is 1. The van der Waals surface area contributed by atoms with Gasteiger partial charge in [-0.25, -0.2) is 13.2 Å². The van der Waals surface area contributed by atoms with E-state index in [4.69, 9.17) is 4.74 Å². The van der Waals surface area contributed by atoms with E-state index in [0.717, 1.165) is 5.56 Å². The van der Waals surface area contributed by atoms with Crippen LogP contribution < -0.4 is 0 Å². The highest BCUT2D eigenvalue weighted by molar-refractivity contribution is 7.99. The summed E-state index contributed by atoms with van der Waals surface area (Å²) in [5, 5.41) is 9.35. The maximum absolute atomic E-state index is 13.1. The first kappa shape index (κ1) is 27.4. The molecule has 1 aliphatic heterocycles. The van der Waals surface area contributed by atoms with Crippen molar-refractivity contribution in [1.29, 1.82) is 5.26 Å². The molecular weight excluding hydrogens is 522 g/mol. The van der Waals surface area contributed by atoms with Gasteiger partial charge in [0.25, 0.3) is 5.91 Å². The summed E-state index contributed by atoms with van der Waals surface area (Å²) in [5.41, 5.74) is 2.46. The third-order valence-electron chi connectivity index (χ3n) is 6.20. The lowest BCUT2D eigenvalue weighted by Crippen LogP contribution is -2.51. The van der Waals surface area contributed by atoms with Gasteiger partial charge in [-0.05, 0) is 49.7 Å². The lowest BCUT2D eigenvalue weighted by molar-refractivity contribution is -0.135. The zero-order chi connectivity index (χ0) is 27.3. The first-order chi connectivity index (χ1) is 18.2. The number of sulfonamides is 1. The third-order valence-corrected chi connectivity index (χ3v) is 9.41. The van der Waals surface area contributed by atoms with Gasteiger partial charge in [0.1, 0.15) is 6.07 Å². The summed E-state index contributed by atoms with van der Waals surface area (Å²) in [5.74, 6) is -1.03. The summed E-state index contributed by atoms with van der Waals surface area (Å²) in [7, 11) is -3.67. The van der Waals surface area contributed by atoms with Crippen LogP contribution in [0.4, 0.5) is 0 Å². The smallest absolute Gasteiger partial charge is 0.339 e. The van der Waals surface area contributed by atoms with E-state index in [9.17, 15) is 23.3 Å². The molecule has 196 valence electrons. The molecule has 1 heterocycles. The molecule has 0 bridgehead atoms. The van der Waals surface area contributed by atoms with Gasteiger partial charge < -0.3 is 9.64 Å². The van der Waals surface area contributed by atoms with E-state index in [2.05, 4.69) is 6.07 Å². The number of nitriles is 1. The minimum Gasteiger partial charge on any atom is -0.452 e.